The molecule has 1 amide bonds. The number of hydrogen-bond donors (Lipinski definition) is 1. The van der Waals surface area contributed by atoms with Gasteiger partial charge in [-0.15, -0.1) is 11.3 Å². The molecule has 7 nitrogen and oxygen atoms in total. The maximum absolute atomic E-state index is 13.1. The van der Waals surface area contributed by atoms with E-state index in [4.69, 9.17) is 4.74 Å². The molecule has 1 aliphatic rings. The molecule has 3 aromatic rings. The fraction of sp³-hybridized carbons (Fsp3) is 0.450. The quantitative estimate of drug-likeness (QED) is 0.708. The van der Waals surface area contributed by atoms with Crippen molar-refractivity contribution in [3.8, 4) is 0 Å². The van der Waals surface area contributed by atoms with E-state index in [2.05, 4.69) is 15.3 Å². The molecule has 1 aromatic carbocycles. The van der Waals surface area contributed by atoms with Crippen LogP contribution in [0.1, 0.15) is 18.7 Å². The van der Waals surface area contributed by atoms with Crippen LogP contribution < -0.4 is 10.9 Å². The highest BCUT2D eigenvalue weighted by Crippen LogP contribution is 2.32. The third-order valence-corrected chi connectivity index (χ3v) is 6.46. The molecule has 8 heteroatoms. The van der Waals surface area contributed by atoms with Crippen molar-refractivity contribution in [1.29, 1.82) is 0 Å². The summed E-state index contributed by atoms with van der Waals surface area (Å²) in [6, 6.07) is 7.18. The minimum Gasteiger partial charge on any atom is -0.379 e. The average Bonchev–Trinajstić information content (AvgIpc) is 3.11. The second-order valence-electron chi connectivity index (χ2n) is 7.06. The van der Waals surface area contributed by atoms with E-state index < -0.39 is 6.04 Å². The van der Waals surface area contributed by atoms with Crippen LogP contribution in [0.3, 0.4) is 0 Å². The number of amides is 1. The SMILES string of the molecule is Cc1nn(C(C)C(=O)NCCN2CCOCC2)c(=O)c2c1sc1ccccc12. The van der Waals surface area contributed by atoms with Gasteiger partial charge >= 0.3 is 0 Å². The van der Waals surface area contributed by atoms with Gasteiger partial charge in [0.1, 0.15) is 6.04 Å². The van der Waals surface area contributed by atoms with Crippen molar-refractivity contribution in [2.45, 2.75) is 19.9 Å². The summed E-state index contributed by atoms with van der Waals surface area (Å²) in [5.74, 6) is -0.193. The van der Waals surface area contributed by atoms with Crippen molar-refractivity contribution in [2.24, 2.45) is 0 Å². The summed E-state index contributed by atoms with van der Waals surface area (Å²) >= 11 is 1.57. The van der Waals surface area contributed by atoms with Gasteiger partial charge in [0.25, 0.3) is 5.56 Å². The first-order chi connectivity index (χ1) is 13.6. The predicted molar refractivity (Wildman–Crippen MR) is 111 cm³/mol. The molecule has 1 unspecified atom stereocenters. The number of fused-ring (bicyclic) bond motifs is 3. The molecule has 3 heterocycles. The molecule has 148 valence electrons. The lowest BCUT2D eigenvalue weighted by atomic mass is 10.2. The summed E-state index contributed by atoms with van der Waals surface area (Å²) in [6.07, 6.45) is 0. The summed E-state index contributed by atoms with van der Waals surface area (Å²) < 4.78 is 8.60. The molecule has 28 heavy (non-hydrogen) atoms. The van der Waals surface area contributed by atoms with Crippen molar-refractivity contribution in [1.82, 2.24) is 20.0 Å². The van der Waals surface area contributed by atoms with Crippen molar-refractivity contribution in [2.75, 3.05) is 39.4 Å². The molecule has 0 bridgehead atoms. The number of aryl methyl sites for hydroxylation is 1. The topological polar surface area (TPSA) is 76.5 Å². The Hall–Kier alpha value is -2.29. The van der Waals surface area contributed by atoms with Gasteiger partial charge in [-0.1, -0.05) is 18.2 Å². The second kappa shape index (κ2) is 7.98. The highest BCUT2D eigenvalue weighted by Gasteiger charge is 2.22. The van der Waals surface area contributed by atoms with Crippen molar-refractivity contribution >= 4 is 37.4 Å². The van der Waals surface area contributed by atoms with Gasteiger partial charge in [-0.2, -0.15) is 5.10 Å². The molecule has 1 N–H and O–H groups in total. The van der Waals surface area contributed by atoms with Crippen LogP contribution in [-0.2, 0) is 9.53 Å². The Bertz CT molecular complexity index is 1070. The lowest BCUT2D eigenvalue weighted by molar-refractivity contribution is -0.124. The zero-order valence-corrected chi connectivity index (χ0v) is 16.9. The normalized spacial score (nSPS) is 16.5. The highest BCUT2D eigenvalue weighted by atomic mass is 32.1. The summed E-state index contributed by atoms with van der Waals surface area (Å²) in [5, 5.41) is 8.95. The van der Waals surface area contributed by atoms with Crippen LogP contribution in [0.15, 0.2) is 29.1 Å². The summed E-state index contributed by atoms with van der Waals surface area (Å²) in [4.78, 5) is 28.0. The zero-order chi connectivity index (χ0) is 19.7. The fourth-order valence-corrected chi connectivity index (χ4v) is 4.70. The number of aromatic nitrogens is 2. The van der Waals surface area contributed by atoms with E-state index in [1.165, 1.54) is 4.68 Å². The van der Waals surface area contributed by atoms with Crippen LogP contribution in [0, 0.1) is 6.92 Å². The van der Waals surface area contributed by atoms with E-state index in [9.17, 15) is 9.59 Å². The summed E-state index contributed by atoms with van der Waals surface area (Å²) in [6.45, 7) is 8.16. The number of carbonyl (C=O) groups excluding carboxylic acids is 1. The lowest BCUT2D eigenvalue weighted by Gasteiger charge is -2.26. The maximum atomic E-state index is 13.1. The third kappa shape index (κ3) is 3.55. The Morgan fingerprint density at radius 2 is 2.07 bits per heavy atom. The van der Waals surface area contributed by atoms with Gasteiger partial charge < -0.3 is 10.1 Å². The van der Waals surface area contributed by atoms with Crippen LogP contribution in [-0.4, -0.2) is 60.0 Å². The van der Waals surface area contributed by atoms with Gasteiger partial charge in [-0.05, 0) is 19.9 Å². The Morgan fingerprint density at radius 1 is 1.32 bits per heavy atom. The van der Waals surface area contributed by atoms with E-state index in [1.54, 1.807) is 18.3 Å². The highest BCUT2D eigenvalue weighted by molar-refractivity contribution is 7.26. The minimum absolute atomic E-state index is 0.193. The summed E-state index contributed by atoms with van der Waals surface area (Å²) in [7, 11) is 0. The molecule has 1 atom stereocenters. The lowest BCUT2D eigenvalue weighted by Crippen LogP contribution is -2.43. The van der Waals surface area contributed by atoms with Crippen molar-refractivity contribution in [3.05, 3.63) is 40.3 Å². The van der Waals surface area contributed by atoms with Crippen LogP contribution in [0.25, 0.3) is 20.2 Å². The molecular weight excluding hydrogens is 376 g/mol. The Kier molecular flexibility index (Phi) is 5.43. The third-order valence-electron chi connectivity index (χ3n) is 5.18. The van der Waals surface area contributed by atoms with Crippen molar-refractivity contribution in [3.63, 3.8) is 0 Å². The average molecular weight is 401 g/mol. The van der Waals surface area contributed by atoms with Gasteiger partial charge in [0.15, 0.2) is 0 Å². The van der Waals surface area contributed by atoms with E-state index in [0.29, 0.717) is 11.9 Å². The van der Waals surface area contributed by atoms with E-state index >= 15 is 0 Å². The largest absolute Gasteiger partial charge is 0.379 e. The Balaban J connectivity index is 1.55. The molecule has 1 saturated heterocycles. The van der Waals surface area contributed by atoms with Gasteiger partial charge in [0, 0.05) is 36.3 Å². The molecule has 4 rings (SSSR count). The van der Waals surface area contributed by atoms with Crippen molar-refractivity contribution < 1.29 is 9.53 Å². The predicted octanol–water partition coefficient (Wildman–Crippen LogP) is 1.93. The minimum atomic E-state index is -0.668. The zero-order valence-electron chi connectivity index (χ0n) is 16.1. The molecule has 1 aliphatic heterocycles. The van der Waals surface area contributed by atoms with Gasteiger partial charge in [0.05, 0.1) is 29.0 Å². The second-order valence-corrected chi connectivity index (χ2v) is 8.11. The Morgan fingerprint density at radius 3 is 2.86 bits per heavy atom. The fourth-order valence-electron chi connectivity index (χ4n) is 3.56. The van der Waals surface area contributed by atoms with E-state index in [1.807, 2.05) is 31.2 Å². The number of benzene rings is 1. The molecule has 0 radical (unpaired) electrons. The van der Waals surface area contributed by atoms with Crippen LogP contribution in [0.2, 0.25) is 0 Å². The number of carbonyl (C=O) groups is 1. The number of rotatable bonds is 5. The maximum Gasteiger partial charge on any atom is 0.276 e. The number of thiophene rings is 1. The number of ether oxygens (including phenoxy) is 1. The molecular formula is C20H24N4O3S. The monoisotopic (exact) mass is 400 g/mol. The van der Waals surface area contributed by atoms with Crippen LogP contribution in [0.5, 0.6) is 0 Å². The van der Waals surface area contributed by atoms with Gasteiger partial charge in [-0.25, -0.2) is 4.68 Å². The molecule has 0 spiro atoms. The number of morpholine rings is 1. The molecule has 0 aliphatic carbocycles. The standard InChI is InChI=1S/C20H24N4O3S/c1-13-18-17(15-5-3-4-6-16(15)28-18)20(26)24(22-13)14(2)19(25)21-7-8-23-9-11-27-12-10-23/h3-6,14H,7-12H2,1-2H3,(H,21,25). The molecule has 1 fully saturated rings. The first-order valence-electron chi connectivity index (χ1n) is 9.54. The smallest absolute Gasteiger partial charge is 0.276 e. The Labute approximate surface area is 166 Å². The molecule has 0 saturated carbocycles. The van der Waals surface area contributed by atoms with E-state index in [0.717, 1.165) is 53.3 Å². The number of nitrogens with zero attached hydrogens (tertiary/aromatic N) is 3. The van der Waals surface area contributed by atoms with Gasteiger partial charge in [0.2, 0.25) is 5.91 Å². The molecule has 2 aromatic heterocycles. The van der Waals surface area contributed by atoms with Gasteiger partial charge in [-0.3, -0.25) is 14.5 Å². The number of hydrogen-bond acceptors (Lipinski definition) is 6. The first kappa shape index (κ1) is 19.0. The van der Waals surface area contributed by atoms with Crippen LogP contribution in [0.4, 0.5) is 0 Å². The first-order valence-corrected chi connectivity index (χ1v) is 10.4. The van der Waals surface area contributed by atoms with Crippen LogP contribution >= 0.6 is 11.3 Å². The number of nitrogens with one attached hydrogen (secondary N) is 1. The summed E-state index contributed by atoms with van der Waals surface area (Å²) in [5.41, 5.74) is 0.553. The van der Waals surface area contributed by atoms with E-state index in [-0.39, 0.29) is 11.5 Å².